The van der Waals surface area contributed by atoms with Crippen LogP contribution in [0.5, 0.6) is 0 Å². The van der Waals surface area contributed by atoms with Gasteiger partial charge in [0.1, 0.15) is 6.04 Å². The molecule has 0 saturated carbocycles. The molecule has 6 nitrogen and oxygen atoms in total. The predicted octanol–water partition coefficient (Wildman–Crippen LogP) is 0.205. The van der Waals surface area contributed by atoms with Gasteiger partial charge in [-0.1, -0.05) is 22.0 Å². The molecule has 1 aliphatic heterocycles. The molecule has 1 unspecified atom stereocenters. The lowest BCUT2D eigenvalue weighted by molar-refractivity contribution is -0.122. The largest absolute Gasteiger partial charge is 0.368 e. The molecule has 1 amide bonds. The fourth-order valence-corrected chi connectivity index (χ4v) is 4.56. The Kier molecular flexibility index (Phi) is 4.48. The average molecular weight is 362 g/mol. The molecule has 0 aromatic heterocycles. The van der Waals surface area contributed by atoms with E-state index in [0.717, 1.165) is 0 Å². The monoisotopic (exact) mass is 361 g/mol. The van der Waals surface area contributed by atoms with Gasteiger partial charge < -0.3 is 11.1 Å². The van der Waals surface area contributed by atoms with Crippen molar-refractivity contribution in [2.24, 2.45) is 5.73 Å². The van der Waals surface area contributed by atoms with Gasteiger partial charge in [-0.25, -0.2) is 8.42 Å². The first-order valence-corrected chi connectivity index (χ1v) is 8.35. The third-order valence-corrected chi connectivity index (χ3v) is 5.80. The number of nitrogens with zero attached hydrogens (tertiary/aromatic N) is 1. The number of amides is 1. The molecular formula is C12H16BrN3O3S. The second kappa shape index (κ2) is 5.80. The summed E-state index contributed by atoms with van der Waals surface area (Å²) in [6, 6.07) is 4.19. The van der Waals surface area contributed by atoms with E-state index in [1.54, 1.807) is 25.1 Å². The van der Waals surface area contributed by atoms with Crippen LogP contribution in [0.4, 0.5) is 0 Å². The molecule has 1 heterocycles. The number of nitrogens with two attached hydrogens (primary N) is 1. The Morgan fingerprint density at radius 3 is 2.85 bits per heavy atom. The van der Waals surface area contributed by atoms with Crippen LogP contribution < -0.4 is 11.1 Å². The van der Waals surface area contributed by atoms with Crippen LogP contribution in [-0.2, 0) is 14.8 Å². The van der Waals surface area contributed by atoms with Gasteiger partial charge in [0, 0.05) is 24.1 Å². The van der Waals surface area contributed by atoms with E-state index >= 15 is 0 Å². The van der Waals surface area contributed by atoms with Crippen molar-refractivity contribution in [3.05, 3.63) is 28.2 Å². The summed E-state index contributed by atoms with van der Waals surface area (Å²) in [5.74, 6) is -0.645. The van der Waals surface area contributed by atoms with E-state index in [9.17, 15) is 13.2 Å². The molecule has 1 atom stereocenters. The van der Waals surface area contributed by atoms with Gasteiger partial charge in [0.2, 0.25) is 15.9 Å². The van der Waals surface area contributed by atoms with Gasteiger partial charge >= 0.3 is 0 Å². The first-order chi connectivity index (χ1) is 9.34. The van der Waals surface area contributed by atoms with Crippen molar-refractivity contribution >= 4 is 31.9 Å². The molecule has 0 radical (unpaired) electrons. The molecule has 0 aliphatic carbocycles. The van der Waals surface area contributed by atoms with Gasteiger partial charge in [-0.05, 0) is 24.6 Å². The molecule has 0 spiro atoms. The lowest BCUT2D eigenvalue weighted by Gasteiger charge is -2.33. The number of hydrogen-bond acceptors (Lipinski definition) is 4. The minimum Gasteiger partial charge on any atom is -0.368 e. The second-order valence-electron chi connectivity index (χ2n) is 4.65. The van der Waals surface area contributed by atoms with E-state index in [1.165, 1.54) is 4.31 Å². The van der Waals surface area contributed by atoms with Crippen LogP contribution in [-0.4, -0.2) is 44.3 Å². The number of benzene rings is 1. The van der Waals surface area contributed by atoms with E-state index in [-0.39, 0.29) is 18.0 Å². The van der Waals surface area contributed by atoms with Crippen molar-refractivity contribution < 1.29 is 13.2 Å². The quantitative estimate of drug-likeness (QED) is 0.804. The third kappa shape index (κ3) is 2.88. The van der Waals surface area contributed by atoms with Crippen molar-refractivity contribution in [2.75, 3.05) is 19.6 Å². The Morgan fingerprint density at radius 1 is 1.50 bits per heavy atom. The topological polar surface area (TPSA) is 92.5 Å². The van der Waals surface area contributed by atoms with Crippen LogP contribution in [0.3, 0.4) is 0 Å². The lowest BCUT2D eigenvalue weighted by atomic mass is 10.2. The second-order valence-corrected chi connectivity index (χ2v) is 7.42. The summed E-state index contributed by atoms with van der Waals surface area (Å²) in [5.41, 5.74) is 5.94. The summed E-state index contributed by atoms with van der Waals surface area (Å²) < 4.78 is 27.3. The highest BCUT2D eigenvalue weighted by atomic mass is 79.9. The molecular weight excluding hydrogens is 346 g/mol. The zero-order valence-corrected chi connectivity index (χ0v) is 13.4. The highest BCUT2D eigenvalue weighted by molar-refractivity contribution is 9.10. The summed E-state index contributed by atoms with van der Waals surface area (Å²) >= 11 is 3.27. The Balaban J connectivity index is 2.47. The lowest BCUT2D eigenvalue weighted by Crippen LogP contribution is -2.58. The Labute approximate surface area is 126 Å². The number of carbonyl (C=O) groups excluding carboxylic acids is 1. The third-order valence-electron chi connectivity index (χ3n) is 3.26. The number of aryl methyl sites for hydroxylation is 1. The average Bonchev–Trinajstić information content (AvgIpc) is 2.41. The number of rotatable bonds is 3. The highest BCUT2D eigenvalue weighted by Crippen LogP contribution is 2.25. The fourth-order valence-electron chi connectivity index (χ4n) is 2.19. The van der Waals surface area contributed by atoms with E-state index in [2.05, 4.69) is 21.2 Å². The van der Waals surface area contributed by atoms with Gasteiger partial charge in [-0.2, -0.15) is 4.31 Å². The maximum Gasteiger partial charge on any atom is 0.244 e. The molecule has 1 fully saturated rings. The van der Waals surface area contributed by atoms with Crippen LogP contribution >= 0.6 is 15.9 Å². The van der Waals surface area contributed by atoms with E-state index in [4.69, 9.17) is 5.73 Å². The predicted molar refractivity (Wildman–Crippen MR) is 78.6 cm³/mol. The van der Waals surface area contributed by atoms with Crippen molar-refractivity contribution in [3.63, 3.8) is 0 Å². The minimum atomic E-state index is -3.75. The molecule has 0 bridgehead atoms. The molecule has 2 rings (SSSR count). The number of carbonyl (C=O) groups is 1. The number of halogens is 1. The molecule has 1 aromatic carbocycles. The van der Waals surface area contributed by atoms with Crippen molar-refractivity contribution in [2.45, 2.75) is 17.9 Å². The van der Waals surface area contributed by atoms with Crippen molar-refractivity contribution in [3.8, 4) is 0 Å². The number of piperazine rings is 1. The maximum absolute atomic E-state index is 12.7. The van der Waals surface area contributed by atoms with E-state index in [1.807, 2.05) is 0 Å². The normalized spacial score (nSPS) is 20.8. The first-order valence-electron chi connectivity index (χ1n) is 6.12. The molecule has 20 heavy (non-hydrogen) atoms. The van der Waals surface area contributed by atoms with E-state index in [0.29, 0.717) is 16.6 Å². The summed E-state index contributed by atoms with van der Waals surface area (Å²) in [5, 5.41) is 2.98. The van der Waals surface area contributed by atoms with Gasteiger partial charge in [0.15, 0.2) is 0 Å². The van der Waals surface area contributed by atoms with Gasteiger partial charge in [0.25, 0.3) is 0 Å². The number of sulfonamides is 1. The molecule has 8 heteroatoms. The van der Waals surface area contributed by atoms with Crippen LogP contribution in [0.1, 0.15) is 5.56 Å². The fraction of sp³-hybridized carbons (Fsp3) is 0.417. The zero-order valence-electron chi connectivity index (χ0n) is 11.0. The van der Waals surface area contributed by atoms with Crippen molar-refractivity contribution in [1.82, 2.24) is 9.62 Å². The highest BCUT2D eigenvalue weighted by Gasteiger charge is 2.37. The van der Waals surface area contributed by atoms with Gasteiger partial charge in [-0.15, -0.1) is 0 Å². The molecule has 1 aliphatic rings. The van der Waals surface area contributed by atoms with Gasteiger partial charge in [-0.3, -0.25) is 4.79 Å². The van der Waals surface area contributed by atoms with Crippen LogP contribution in [0.15, 0.2) is 27.6 Å². The smallest absolute Gasteiger partial charge is 0.244 e. The number of hydrogen-bond donors (Lipinski definition) is 2. The molecule has 1 aromatic rings. The first kappa shape index (κ1) is 15.4. The van der Waals surface area contributed by atoms with Gasteiger partial charge in [0.05, 0.1) is 4.90 Å². The summed E-state index contributed by atoms with van der Waals surface area (Å²) in [6.45, 7) is 2.68. The van der Waals surface area contributed by atoms with Crippen LogP contribution in [0.2, 0.25) is 0 Å². The number of primary amides is 1. The summed E-state index contributed by atoms with van der Waals surface area (Å²) in [6.07, 6.45) is 0. The minimum absolute atomic E-state index is 0.194. The molecule has 3 N–H and O–H groups in total. The Hall–Kier alpha value is -0.960. The van der Waals surface area contributed by atoms with Crippen LogP contribution in [0, 0.1) is 6.92 Å². The van der Waals surface area contributed by atoms with Crippen LogP contribution in [0.25, 0.3) is 0 Å². The van der Waals surface area contributed by atoms with Crippen molar-refractivity contribution in [1.29, 1.82) is 0 Å². The van der Waals surface area contributed by atoms with E-state index < -0.39 is 22.0 Å². The zero-order chi connectivity index (χ0) is 14.9. The number of nitrogens with one attached hydrogen (secondary N) is 1. The molecule has 110 valence electrons. The maximum atomic E-state index is 12.7. The Bertz CT molecular complexity index is 633. The Morgan fingerprint density at radius 2 is 2.20 bits per heavy atom. The standard InChI is InChI=1S/C12H16BrN3O3S/c1-8-2-3-9(13)6-11(8)20(18,19)16-5-4-15-7-10(16)12(14)17/h2-3,6,10,15H,4-5,7H2,1H3,(H2,14,17). The summed E-state index contributed by atoms with van der Waals surface area (Å²) in [4.78, 5) is 11.7. The molecule has 1 saturated heterocycles. The summed E-state index contributed by atoms with van der Waals surface area (Å²) in [7, 11) is -3.75. The SMILES string of the molecule is Cc1ccc(Br)cc1S(=O)(=O)N1CCNCC1C(N)=O.